The largest absolute Gasteiger partial charge is 0.330 e. The zero-order valence-corrected chi connectivity index (χ0v) is 12.2. The molecule has 1 fully saturated rings. The molecule has 102 valence electrons. The normalized spacial score (nSPS) is 23.3. The molecule has 0 amide bonds. The molecule has 0 spiro atoms. The Bertz CT molecular complexity index is 201. The minimum Gasteiger partial charge on any atom is -0.330 e. The lowest BCUT2D eigenvalue weighted by Gasteiger charge is -2.23. The summed E-state index contributed by atoms with van der Waals surface area (Å²) in [6.45, 7) is 11.9. The van der Waals surface area contributed by atoms with Crippen LogP contribution in [0.2, 0.25) is 0 Å². The number of nitrogens with zero attached hydrogens (tertiary/aromatic N) is 1. The van der Waals surface area contributed by atoms with Crippen LogP contribution in [0.3, 0.4) is 0 Å². The van der Waals surface area contributed by atoms with Gasteiger partial charge in [-0.05, 0) is 76.0 Å². The molecule has 1 saturated heterocycles. The van der Waals surface area contributed by atoms with Crippen molar-refractivity contribution in [3.8, 4) is 0 Å². The monoisotopic (exact) mass is 240 g/mol. The van der Waals surface area contributed by atoms with Gasteiger partial charge in [0, 0.05) is 0 Å². The highest BCUT2D eigenvalue weighted by atomic mass is 15.1. The van der Waals surface area contributed by atoms with Crippen molar-refractivity contribution in [1.82, 2.24) is 4.90 Å². The van der Waals surface area contributed by atoms with Crippen LogP contribution in [0.25, 0.3) is 0 Å². The summed E-state index contributed by atoms with van der Waals surface area (Å²) >= 11 is 0. The molecule has 2 heteroatoms. The third-order valence-corrected chi connectivity index (χ3v) is 4.26. The van der Waals surface area contributed by atoms with E-state index in [1.807, 2.05) is 0 Å². The Balaban J connectivity index is 2.15. The number of likely N-dealkylation sites (tertiary alicyclic amines) is 1. The second-order valence-corrected chi connectivity index (χ2v) is 6.68. The lowest BCUT2D eigenvalue weighted by atomic mass is 9.85. The van der Waals surface area contributed by atoms with Gasteiger partial charge in [-0.3, -0.25) is 0 Å². The molecule has 1 unspecified atom stereocenters. The van der Waals surface area contributed by atoms with Gasteiger partial charge in [0.1, 0.15) is 0 Å². The van der Waals surface area contributed by atoms with Gasteiger partial charge in [0.25, 0.3) is 0 Å². The van der Waals surface area contributed by atoms with Crippen molar-refractivity contribution in [2.75, 3.05) is 26.2 Å². The SMILES string of the molecule is CC(CCN)CCCN1CCCC(C)(C)CC1. The van der Waals surface area contributed by atoms with Gasteiger partial charge in [-0.2, -0.15) is 0 Å². The average molecular weight is 240 g/mol. The molecule has 1 heterocycles. The Hall–Kier alpha value is -0.0800. The molecule has 0 aromatic rings. The minimum absolute atomic E-state index is 0.571. The summed E-state index contributed by atoms with van der Waals surface area (Å²) in [6, 6.07) is 0. The zero-order valence-electron chi connectivity index (χ0n) is 12.2. The Morgan fingerprint density at radius 3 is 2.65 bits per heavy atom. The highest BCUT2D eigenvalue weighted by molar-refractivity contribution is 4.76. The highest BCUT2D eigenvalue weighted by Gasteiger charge is 2.22. The van der Waals surface area contributed by atoms with Crippen molar-refractivity contribution >= 4 is 0 Å². The van der Waals surface area contributed by atoms with Crippen LogP contribution in [0.5, 0.6) is 0 Å². The molecule has 2 nitrogen and oxygen atoms in total. The van der Waals surface area contributed by atoms with Crippen LogP contribution in [0, 0.1) is 11.3 Å². The first kappa shape index (κ1) is 15.0. The zero-order chi connectivity index (χ0) is 12.7. The topological polar surface area (TPSA) is 29.3 Å². The maximum Gasteiger partial charge on any atom is -0.00136 e. The van der Waals surface area contributed by atoms with Gasteiger partial charge in [-0.25, -0.2) is 0 Å². The van der Waals surface area contributed by atoms with Crippen molar-refractivity contribution in [3.63, 3.8) is 0 Å². The Morgan fingerprint density at radius 2 is 1.94 bits per heavy atom. The average Bonchev–Trinajstić information content (AvgIpc) is 2.41. The molecular weight excluding hydrogens is 208 g/mol. The first-order valence-electron chi connectivity index (χ1n) is 7.46. The molecule has 0 radical (unpaired) electrons. The van der Waals surface area contributed by atoms with Crippen molar-refractivity contribution in [3.05, 3.63) is 0 Å². The fourth-order valence-electron chi connectivity index (χ4n) is 2.79. The van der Waals surface area contributed by atoms with Gasteiger partial charge in [0.05, 0.1) is 0 Å². The fraction of sp³-hybridized carbons (Fsp3) is 1.00. The summed E-state index contributed by atoms with van der Waals surface area (Å²) in [5.41, 5.74) is 6.16. The smallest absolute Gasteiger partial charge is 0.00136 e. The van der Waals surface area contributed by atoms with E-state index in [1.54, 1.807) is 0 Å². The van der Waals surface area contributed by atoms with Crippen LogP contribution in [0.15, 0.2) is 0 Å². The lowest BCUT2D eigenvalue weighted by Crippen LogP contribution is -2.27. The molecule has 1 aliphatic heterocycles. The molecule has 0 bridgehead atoms. The van der Waals surface area contributed by atoms with Crippen LogP contribution < -0.4 is 5.73 Å². The second kappa shape index (κ2) is 7.38. The van der Waals surface area contributed by atoms with E-state index in [0.29, 0.717) is 5.41 Å². The predicted molar refractivity (Wildman–Crippen MR) is 76.1 cm³/mol. The Morgan fingerprint density at radius 1 is 1.18 bits per heavy atom. The standard InChI is InChI=1S/C15H32N2/c1-14(7-10-16)6-4-11-17-12-5-8-15(2,3)9-13-17/h14H,4-13,16H2,1-3H3. The quantitative estimate of drug-likeness (QED) is 0.772. The fourth-order valence-corrected chi connectivity index (χ4v) is 2.79. The van der Waals surface area contributed by atoms with Gasteiger partial charge >= 0.3 is 0 Å². The van der Waals surface area contributed by atoms with Crippen molar-refractivity contribution < 1.29 is 0 Å². The van der Waals surface area contributed by atoms with Gasteiger partial charge in [-0.15, -0.1) is 0 Å². The van der Waals surface area contributed by atoms with Crippen LogP contribution in [0.4, 0.5) is 0 Å². The molecule has 0 aromatic carbocycles. The molecule has 1 atom stereocenters. The molecule has 0 aliphatic carbocycles. The molecule has 0 saturated carbocycles. The van der Waals surface area contributed by atoms with E-state index in [4.69, 9.17) is 5.73 Å². The van der Waals surface area contributed by atoms with Gasteiger partial charge < -0.3 is 10.6 Å². The lowest BCUT2D eigenvalue weighted by molar-refractivity contribution is 0.253. The van der Waals surface area contributed by atoms with Gasteiger partial charge in [-0.1, -0.05) is 20.8 Å². The predicted octanol–water partition coefficient (Wildman–Crippen LogP) is 3.26. The van der Waals surface area contributed by atoms with Crippen LogP contribution >= 0.6 is 0 Å². The van der Waals surface area contributed by atoms with E-state index in [0.717, 1.165) is 12.5 Å². The Kier molecular flexibility index (Phi) is 6.50. The maximum absolute atomic E-state index is 5.58. The second-order valence-electron chi connectivity index (χ2n) is 6.68. The molecule has 17 heavy (non-hydrogen) atoms. The summed E-state index contributed by atoms with van der Waals surface area (Å²) in [5.74, 6) is 0.809. The Labute approximate surface area is 108 Å². The van der Waals surface area contributed by atoms with E-state index in [1.165, 1.54) is 58.2 Å². The van der Waals surface area contributed by atoms with E-state index < -0.39 is 0 Å². The molecule has 1 aliphatic rings. The summed E-state index contributed by atoms with van der Waals surface area (Å²) in [4.78, 5) is 2.67. The molecular formula is C15H32N2. The van der Waals surface area contributed by atoms with E-state index in [2.05, 4.69) is 25.7 Å². The van der Waals surface area contributed by atoms with Crippen molar-refractivity contribution in [2.45, 2.75) is 59.3 Å². The summed E-state index contributed by atoms with van der Waals surface area (Å²) in [6.07, 6.45) is 8.02. The number of hydrogen-bond acceptors (Lipinski definition) is 2. The third kappa shape index (κ3) is 6.42. The number of nitrogens with two attached hydrogens (primary N) is 1. The van der Waals surface area contributed by atoms with E-state index >= 15 is 0 Å². The highest BCUT2D eigenvalue weighted by Crippen LogP contribution is 2.29. The van der Waals surface area contributed by atoms with Crippen molar-refractivity contribution in [2.24, 2.45) is 17.1 Å². The van der Waals surface area contributed by atoms with Crippen LogP contribution in [-0.2, 0) is 0 Å². The third-order valence-electron chi connectivity index (χ3n) is 4.26. The minimum atomic E-state index is 0.571. The van der Waals surface area contributed by atoms with Gasteiger partial charge in [0.15, 0.2) is 0 Å². The van der Waals surface area contributed by atoms with Crippen LogP contribution in [-0.4, -0.2) is 31.1 Å². The number of rotatable bonds is 6. The summed E-state index contributed by atoms with van der Waals surface area (Å²) in [7, 11) is 0. The first-order valence-corrected chi connectivity index (χ1v) is 7.46. The van der Waals surface area contributed by atoms with E-state index in [-0.39, 0.29) is 0 Å². The number of hydrogen-bond donors (Lipinski definition) is 1. The molecule has 2 N–H and O–H groups in total. The summed E-state index contributed by atoms with van der Waals surface area (Å²) < 4.78 is 0. The van der Waals surface area contributed by atoms with E-state index in [9.17, 15) is 0 Å². The summed E-state index contributed by atoms with van der Waals surface area (Å²) in [5, 5.41) is 0. The first-order chi connectivity index (χ1) is 8.03. The van der Waals surface area contributed by atoms with Crippen LogP contribution in [0.1, 0.15) is 59.3 Å². The molecule has 0 aromatic heterocycles. The van der Waals surface area contributed by atoms with Crippen molar-refractivity contribution in [1.29, 1.82) is 0 Å². The maximum atomic E-state index is 5.58. The molecule has 1 rings (SSSR count). The van der Waals surface area contributed by atoms with Gasteiger partial charge in [0.2, 0.25) is 0 Å².